The molecule has 360 valence electrons. The van der Waals surface area contributed by atoms with Crippen LogP contribution in [0.4, 0.5) is 11.6 Å². The van der Waals surface area contributed by atoms with E-state index in [0.29, 0.717) is 44.3 Å². The number of esters is 2. The lowest BCUT2D eigenvalue weighted by molar-refractivity contribution is -0.145. The number of aliphatic imine (C=N–C) groups is 1. The molecule has 21 nitrogen and oxygen atoms in total. The molecule has 0 bridgehead atoms. The van der Waals surface area contributed by atoms with Crippen LogP contribution in [-0.4, -0.2) is 126 Å². The zero-order chi connectivity index (χ0) is 49.6. The van der Waals surface area contributed by atoms with Crippen LogP contribution in [0.2, 0.25) is 0 Å². The second kappa shape index (κ2) is 27.4. The Balaban J connectivity index is 1.27. The van der Waals surface area contributed by atoms with E-state index in [1.165, 1.54) is 48.8 Å². The highest BCUT2D eigenvalue weighted by atomic mass is 127. The van der Waals surface area contributed by atoms with Crippen molar-refractivity contribution >= 4 is 93.7 Å². The van der Waals surface area contributed by atoms with Crippen LogP contribution in [0.15, 0.2) is 64.5 Å². The van der Waals surface area contributed by atoms with Crippen LogP contribution in [0.3, 0.4) is 0 Å². The van der Waals surface area contributed by atoms with Crippen LogP contribution in [0.25, 0.3) is 11.2 Å². The number of amides is 5. The number of rotatable bonds is 26. The molecule has 5 amide bonds. The average molecular weight is 1050 g/mol. The summed E-state index contributed by atoms with van der Waals surface area (Å²) < 4.78 is 10.9. The molecule has 22 heteroatoms. The number of carbonyl (C=O) groups is 7. The number of benzene rings is 2. The van der Waals surface area contributed by atoms with Gasteiger partial charge < -0.3 is 40.5 Å². The Kier molecular flexibility index (Phi) is 21.5. The Morgan fingerprint density at radius 2 is 1.56 bits per heavy atom. The second-order valence-electron chi connectivity index (χ2n) is 15.4. The number of aromatic amines is 1. The van der Waals surface area contributed by atoms with Gasteiger partial charge in [0.2, 0.25) is 30.1 Å². The van der Waals surface area contributed by atoms with E-state index in [2.05, 4.69) is 74.7 Å². The maximum absolute atomic E-state index is 13.3. The molecule has 0 saturated carbocycles. The molecule has 0 saturated heterocycles. The van der Waals surface area contributed by atoms with Crippen molar-refractivity contribution < 1.29 is 43.0 Å². The molecule has 0 aliphatic heterocycles. The van der Waals surface area contributed by atoms with Crippen molar-refractivity contribution in [2.75, 3.05) is 39.8 Å². The topological polar surface area (TPSA) is 276 Å². The van der Waals surface area contributed by atoms with Gasteiger partial charge in [0.05, 0.1) is 39.0 Å². The summed E-state index contributed by atoms with van der Waals surface area (Å²) in [7, 11) is 5.81. The minimum absolute atomic E-state index is 0.0448. The van der Waals surface area contributed by atoms with Gasteiger partial charge in [-0.15, -0.1) is 12.3 Å². The van der Waals surface area contributed by atoms with Crippen LogP contribution in [0.1, 0.15) is 73.0 Å². The molecular weight excluding hydrogens is 993 g/mol. The summed E-state index contributed by atoms with van der Waals surface area (Å²) in [4.78, 5) is 124. The number of carbonyl (C=O) groups excluding carboxylic acids is 7. The van der Waals surface area contributed by atoms with Gasteiger partial charge >= 0.3 is 11.9 Å². The largest absolute Gasteiger partial charge is 0.467 e. The fraction of sp³-hybridized carbons (Fsp3) is 0.391. The molecule has 4 rings (SSSR count). The molecule has 2 heterocycles. The number of ether oxygens (including phenoxy) is 2. The Bertz CT molecular complexity index is 2530. The van der Waals surface area contributed by atoms with Crippen LogP contribution < -0.4 is 31.7 Å². The second-order valence-corrected chi connectivity index (χ2v) is 16.7. The molecule has 0 aliphatic rings. The first kappa shape index (κ1) is 53.3. The molecule has 68 heavy (non-hydrogen) atoms. The Morgan fingerprint density at radius 3 is 2.21 bits per heavy atom. The van der Waals surface area contributed by atoms with Gasteiger partial charge in [0, 0.05) is 54.7 Å². The van der Waals surface area contributed by atoms with E-state index in [1.807, 2.05) is 24.3 Å². The van der Waals surface area contributed by atoms with Gasteiger partial charge in [-0.3, -0.25) is 33.8 Å². The third-order valence-corrected chi connectivity index (χ3v) is 10.8. The highest BCUT2D eigenvalue weighted by Crippen LogP contribution is 2.18. The summed E-state index contributed by atoms with van der Waals surface area (Å²) in [6, 6.07) is 10.3. The summed E-state index contributed by atoms with van der Waals surface area (Å²) >= 11 is 2.24. The standard InChI is InChI=1S/C46H54IN11O10/c1-6-10-34(42(63)54-35(44(65)67-4)12-7-8-24-48-37(60)13-9-11-29-14-18-31(47)19-15-29)52-38(61)23-22-36(45(66)68-5)53-41(62)30-16-20-33(21-17-30)58(28-59)26-32-25-49-40-39(51-32)43(64)56-46(55-40)50-27-57(2)3/h1,14-21,25,27-28,34-36H,7-13,22-24,26H2,2-5H3,(H,48,60)(H,52,61)(H,53,62)(H,54,63)(H,49,55,56,64)/b50-27+. The maximum atomic E-state index is 13.3. The molecule has 4 aromatic rings. The summed E-state index contributed by atoms with van der Waals surface area (Å²) in [5, 5.41) is 10.5. The number of H-pyrrole nitrogens is 1. The molecule has 0 aliphatic carbocycles. The van der Waals surface area contributed by atoms with Gasteiger partial charge in [0.25, 0.3) is 11.5 Å². The number of aromatic nitrogens is 4. The zero-order valence-electron chi connectivity index (χ0n) is 38.1. The van der Waals surface area contributed by atoms with Gasteiger partial charge in [-0.05, 0) is 103 Å². The number of halogens is 1. The van der Waals surface area contributed by atoms with Gasteiger partial charge in [-0.25, -0.2) is 24.5 Å². The summed E-state index contributed by atoms with van der Waals surface area (Å²) in [6.07, 6.45) is 11.1. The number of anilines is 1. The minimum atomic E-state index is -1.28. The maximum Gasteiger partial charge on any atom is 0.328 e. The quantitative estimate of drug-likeness (QED) is 0.0115. The highest BCUT2D eigenvalue weighted by Gasteiger charge is 2.28. The lowest BCUT2D eigenvalue weighted by atomic mass is 10.1. The van der Waals surface area contributed by atoms with Crippen molar-refractivity contribution in [3.05, 3.63) is 85.5 Å². The van der Waals surface area contributed by atoms with E-state index in [9.17, 15) is 38.4 Å². The fourth-order valence-electron chi connectivity index (χ4n) is 6.48. The predicted octanol–water partition coefficient (Wildman–Crippen LogP) is 2.23. The van der Waals surface area contributed by atoms with Crippen molar-refractivity contribution in [2.45, 2.75) is 82.5 Å². The number of fused-ring (bicyclic) bond motifs is 1. The summed E-state index contributed by atoms with van der Waals surface area (Å²) in [5.41, 5.74) is 1.35. The smallest absolute Gasteiger partial charge is 0.328 e. The van der Waals surface area contributed by atoms with E-state index in [-0.39, 0.29) is 66.5 Å². The molecular formula is C46H54IN11O10. The number of unbranched alkanes of at least 4 members (excludes halogenated alkanes) is 1. The van der Waals surface area contributed by atoms with E-state index in [4.69, 9.17) is 15.9 Å². The van der Waals surface area contributed by atoms with Crippen LogP contribution in [0.5, 0.6) is 0 Å². The number of hydrogen-bond acceptors (Lipinski definition) is 14. The summed E-state index contributed by atoms with van der Waals surface area (Å²) in [6.45, 7) is 0.294. The van der Waals surface area contributed by atoms with Crippen molar-refractivity contribution in [3.63, 3.8) is 0 Å². The Hall–Kier alpha value is -7.29. The lowest BCUT2D eigenvalue weighted by Crippen LogP contribution is -2.52. The summed E-state index contributed by atoms with van der Waals surface area (Å²) in [5.74, 6) is -1.35. The number of terminal acetylenes is 1. The molecule has 5 N–H and O–H groups in total. The molecule has 3 unspecified atom stereocenters. The van der Waals surface area contributed by atoms with E-state index < -0.39 is 53.3 Å². The number of aryl methyl sites for hydroxylation is 1. The van der Waals surface area contributed by atoms with E-state index in [1.54, 1.807) is 19.0 Å². The van der Waals surface area contributed by atoms with Crippen LogP contribution in [0, 0.1) is 15.9 Å². The monoisotopic (exact) mass is 1050 g/mol. The minimum Gasteiger partial charge on any atom is -0.467 e. The third-order valence-electron chi connectivity index (χ3n) is 10.0. The molecule has 2 aromatic heterocycles. The van der Waals surface area contributed by atoms with Crippen LogP contribution in [-0.2, 0) is 51.2 Å². The van der Waals surface area contributed by atoms with E-state index in [0.717, 1.165) is 22.7 Å². The lowest BCUT2D eigenvalue weighted by Gasteiger charge is -2.22. The SMILES string of the molecule is C#CCC(NC(=O)CCC(NC(=O)c1ccc(N(C=O)Cc2cnc3nc(/N=C/N(C)C)[nH]c(=O)c3n2)cc1)C(=O)OC)C(=O)NC(CCCCNC(=O)CCCc1ccc(I)cc1)C(=O)OC. The van der Waals surface area contributed by atoms with Crippen molar-refractivity contribution in [2.24, 2.45) is 4.99 Å². The molecule has 0 fully saturated rings. The van der Waals surface area contributed by atoms with Crippen molar-refractivity contribution in [1.82, 2.24) is 46.1 Å². The molecule has 0 radical (unpaired) electrons. The van der Waals surface area contributed by atoms with Gasteiger partial charge in [0.1, 0.15) is 18.1 Å². The Labute approximate surface area is 406 Å². The first-order chi connectivity index (χ1) is 32.6. The van der Waals surface area contributed by atoms with Crippen molar-refractivity contribution in [1.29, 1.82) is 0 Å². The van der Waals surface area contributed by atoms with Gasteiger partial charge in [-0.2, -0.15) is 4.98 Å². The predicted molar refractivity (Wildman–Crippen MR) is 259 cm³/mol. The van der Waals surface area contributed by atoms with Crippen molar-refractivity contribution in [3.8, 4) is 12.3 Å². The molecule has 3 atom stereocenters. The molecule has 2 aromatic carbocycles. The zero-order valence-corrected chi connectivity index (χ0v) is 40.2. The number of nitrogens with one attached hydrogen (secondary N) is 5. The number of nitrogens with zero attached hydrogens (tertiary/aromatic N) is 6. The highest BCUT2D eigenvalue weighted by molar-refractivity contribution is 14.1. The Morgan fingerprint density at radius 1 is 0.868 bits per heavy atom. The third kappa shape index (κ3) is 17.2. The first-order valence-electron chi connectivity index (χ1n) is 21.4. The van der Waals surface area contributed by atoms with E-state index >= 15 is 0 Å². The van der Waals surface area contributed by atoms with Crippen LogP contribution >= 0.6 is 22.6 Å². The first-order valence-corrected chi connectivity index (χ1v) is 22.5. The normalized spacial score (nSPS) is 12.2. The van der Waals surface area contributed by atoms with Gasteiger partial charge in [-0.1, -0.05) is 12.1 Å². The molecule has 0 spiro atoms. The number of methoxy groups -OCH3 is 2. The fourth-order valence-corrected chi connectivity index (χ4v) is 6.84. The number of hydrogen-bond donors (Lipinski definition) is 5. The average Bonchev–Trinajstić information content (AvgIpc) is 3.33. The van der Waals surface area contributed by atoms with Gasteiger partial charge in [0.15, 0.2) is 11.2 Å².